The summed E-state index contributed by atoms with van der Waals surface area (Å²) in [5, 5.41) is 3.85. The Morgan fingerprint density at radius 2 is 1.80 bits per heavy atom. The molecule has 1 aliphatic heterocycles. The maximum absolute atomic E-state index is 3.85. The van der Waals surface area contributed by atoms with Gasteiger partial charge in [0.2, 0.25) is 0 Å². The molecule has 0 spiro atoms. The van der Waals surface area contributed by atoms with Crippen molar-refractivity contribution in [3.8, 4) is 0 Å². The van der Waals surface area contributed by atoms with E-state index in [0.29, 0.717) is 5.41 Å². The van der Waals surface area contributed by atoms with Gasteiger partial charge in [0, 0.05) is 12.6 Å². The van der Waals surface area contributed by atoms with Crippen molar-refractivity contribution in [2.75, 3.05) is 26.2 Å². The lowest BCUT2D eigenvalue weighted by molar-refractivity contribution is 0.139. The van der Waals surface area contributed by atoms with Gasteiger partial charge in [-0.25, -0.2) is 0 Å². The molecule has 1 saturated heterocycles. The summed E-state index contributed by atoms with van der Waals surface area (Å²) in [6.45, 7) is 14.8. The zero-order valence-corrected chi connectivity index (χ0v) is 14.3. The van der Waals surface area contributed by atoms with Gasteiger partial charge >= 0.3 is 0 Å². The molecule has 1 aliphatic carbocycles. The highest BCUT2D eigenvalue weighted by Gasteiger charge is 2.41. The lowest BCUT2D eigenvalue weighted by Crippen LogP contribution is -2.47. The van der Waals surface area contributed by atoms with Gasteiger partial charge in [-0.3, -0.25) is 0 Å². The van der Waals surface area contributed by atoms with Crippen molar-refractivity contribution < 1.29 is 0 Å². The van der Waals surface area contributed by atoms with Crippen LogP contribution in [0.1, 0.15) is 66.2 Å². The fourth-order valence-corrected chi connectivity index (χ4v) is 4.37. The van der Waals surface area contributed by atoms with Crippen LogP contribution in [0.2, 0.25) is 0 Å². The highest BCUT2D eigenvalue weighted by atomic mass is 15.1. The minimum Gasteiger partial charge on any atom is -0.313 e. The van der Waals surface area contributed by atoms with E-state index >= 15 is 0 Å². The average Bonchev–Trinajstić information content (AvgIpc) is 2.72. The SMILES string of the molecule is CCCNC1C(CN2CCC(CC)CC2)CCC1(C)C. The lowest BCUT2D eigenvalue weighted by atomic mass is 9.84. The van der Waals surface area contributed by atoms with Crippen LogP contribution in [0.5, 0.6) is 0 Å². The van der Waals surface area contributed by atoms with Gasteiger partial charge in [-0.05, 0) is 69.0 Å². The van der Waals surface area contributed by atoms with Crippen molar-refractivity contribution in [2.45, 2.75) is 72.3 Å². The summed E-state index contributed by atoms with van der Waals surface area (Å²) in [5.74, 6) is 1.87. The monoisotopic (exact) mass is 280 g/mol. The third-order valence-corrected chi connectivity index (χ3v) is 5.86. The molecular weight excluding hydrogens is 244 g/mol. The number of nitrogens with zero attached hydrogens (tertiary/aromatic N) is 1. The Bertz CT molecular complexity index is 279. The topological polar surface area (TPSA) is 15.3 Å². The average molecular weight is 280 g/mol. The van der Waals surface area contributed by atoms with E-state index < -0.39 is 0 Å². The van der Waals surface area contributed by atoms with Gasteiger partial charge in [0.05, 0.1) is 0 Å². The number of nitrogens with one attached hydrogen (secondary N) is 1. The summed E-state index contributed by atoms with van der Waals surface area (Å²) in [5.41, 5.74) is 0.488. The van der Waals surface area contributed by atoms with Crippen LogP contribution in [0.4, 0.5) is 0 Å². The standard InChI is InChI=1S/C18H36N2/c1-5-11-19-17-16(7-10-18(17,3)4)14-20-12-8-15(6-2)9-13-20/h15-17,19H,5-14H2,1-4H3. The van der Waals surface area contributed by atoms with Crippen molar-refractivity contribution in [1.82, 2.24) is 10.2 Å². The molecule has 1 N–H and O–H groups in total. The molecule has 1 heterocycles. The summed E-state index contributed by atoms with van der Waals surface area (Å²) in [7, 11) is 0. The number of likely N-dealkylation sites (tertiary alicyclic amines) is 1. The van der Waals surface area contributed by atoms with E-state index in [4.69, 9.17) is 0 Å². The Morgan fingerprint density at radius 3 is 2.40 bits per heavy atom. The molecule has 0 amide bonds. The third kappa shape index (κ3) is 3.98. The summed E-state index contributed by atoms with van der Waals surface area (Å²) < 4.78 is 0. The van der Waals surface area contributed by atoms with E-state index in [9.17, 15) is 0 Å². The molecule has 2 nitrogen and oxygen atoms in total. The first-order valence-electron chi connectivity index (χ1n) is 9.02. The van der Waals surface area contributed by atoms with Crippen LogP contribution in [0.25, 0.3) is 0 Å². The first-order chi connectivity index (χ1) is 9.56. The molecule has 2 aliphatic rings. The van der Waals surface area contributed by atoms with E-state index in [1.165, 1.54) is 64.7 Å². The zero-order valence-electron chi connectivity index (χ0n) is 14.3. The van der Waals surface area contributed by atoms with Gasteiger partial charge < -0.3 is 10.2 Å². The van der Waals surface area contributed by atoms with Gasteiger partial charge in [0.15, 0.2) is 0 Å². The maximum Gasteiger partial charge on any atom is 0.0159 e. The second-order valence-electron chi connectivity index (χ2n) is 7.87. The Hall–Kier alpha value is -0.0800. The van der Waals surface area contributed by atoms with Gasteiger partial charge in [0.1, 0.15) is 0 Å². The van der Waals surface area contributed by atoms with Gasteiger partial charge in [-0.2, -0.15) is 0 Å². The predicted octanol–water partition coefficient (Wildman–Crippen LogP) is 3.91. The minimum atomic E-state index is 0.488. The smallest absolute Gasteiger partial charge is 0.0159 e. The molecule has 0 radical (unpaired) electrons. The van der Waals surface area contributed by atoms with E-state index in [0.717, 1.165) is 17.9 Å². The second-order valence-corrected chi connectivity index (χ2v) is 7.87. The van der Waals surface area contributed by atoms with Gasteiger partial charge in [-0.1, -0.05) is 34.1 Å². The highest BCUT2D eigenvalue weighted by Crippen LogP contribution is 2.42. The van der Waals surface area contributed by atoms with Crippen molar-refractivity contribution in [2.24, 2.45) is 17.3 Å². The summed E-state index contributed by atoms with van der Waals surface area (Å²) in [6, 6.07) is 0.728. The van der Waals surface area contributed by atoms with E-state index in [-0.39, 0.29) is 0 Å². The van der Waals surface area contributed by atoms with E-state index in [1.54, 1.807) is 0 Å². The molecule has 1 saturated carbocycles. The zero-order chi connectivity index (χ0) is 14.6. The van der Waals surface area contributed by atoms with Crippen molar-refractivity contribution in [3.05, 3.63) is 0 Å². The van der Waals surface area contributed by atoms with Crippen LogP contribution < -0.4 is 5.32 Å². The quantitative estimate of drug-likeness (QED) is 0.793. The van der Waals surface area contributed by atoms with Crippen LogP contribution >= 0.6 is 0 Å². The van der Waals surface area contributed by atoms with E-state index in [2.05, 4.69) is 37.9 Å². The number of hydrogen-bond donors (Lipinski definition) is 1. The molecule has 2 unspecified atom stereocenters. The van der Waals surface area contributed by atoms with Crippen LogP contribution in [-0.4, -0.2) is 37.1 Å². The molecule has 0 bridgehead atoms. The first-order valence-corrected chi connectivity index (χ1v) is 9.02. The van der Waals surface area contributed by atoms with Crippen LogP contribution in [0, 0.1) is 17.3 Å². The summed E-state index contributed by atoms with van der Waals surface area (Å²) >= 11 is 0. The third-order valence-electron chi connectivity index (χ3n) is 5.86. The molecular formula is C18H36N2. The van der Waals surface area contributed by atoms with Crippen LogP contribution in [-0.2, 0) is 0 Å². The molecule has 0 aromatic heterocycles. The van der Waals surface area contributed by atoms with Crippen molar-refractivity contribution in [3.63, 3.8) is 0 Å². The first kappa shape index (κ1) is 16.3. The lowest BCUT2D eigenvalue weighted by Gasteiger charge is -2.37. The Balaban J connectivity index is 1.85. The summed E-state index contributed by atoms with van der Waals surface area (Å²) in [4.78, 5) is 2.75. The van der Waals surface area contributed by atoms with Crippen molar-refractivity contribution in [1.29, 1.82) is 0 Å². The Morgan fingerprint density at radius 1 is 1.10 bits per heavy atom. The molecule has 20 heavy (non-hydrogen) atoms. The minimum absolute atomic E-state index is 0.488. The molecule has 2 heteroatoms. The number of piperidine rings is 1. The molecule has 2 fully saturated rings. The second kappa shape index (κ2) is 7.26. The fraction of sp³-hybridized carbons (Fsp3) is 1.00. The van der Waals surface area contributed by atoms with Crippen molar-refractivity contribution >= 4 is 0 Å². The Kier molecular flexibility index (Phi) is 5.92. The van der Waals surface area contributed by atoms with Crippen LogP contribution in [0.15, 0.2) is 0 Å². The fourth-order valence-electron chi connectivity index (χ4n) is 4.37. The number of rotatable bonds is 6. The number of hydrogen-bond acceptors (Lipinski definition) is 2. The maximum atomic E-state index is 3.85. The highest BCUT2D eigenvalue weighted by molar-refractivity contribution is 4.97. The molecule has 0 aromatic rings. The van der Waals surface area contributed by atoms with Gasteiger partial charge in [0.25, 0.3) is 0 Å². The van der Waals surface area contributed by atoms with Crippen LogP contribution in [0.3, 0.4) is 0 Å². The molecule has 0 aromatic carbocycles. The summed E-state index contributed by atoms with van der Waals surface area (Å²) in [6.07, 6.45) is 8.30. The normalized spacial score (nSPS) is 31.8. The molecule has 118 valence electrons. The largest absolute Gasteiger partial charge is 0.313 e. The van der Waals surface area contributed by atoms with E-state index in [1.807, 2.05) is 0 Å². The van der Waals surface area contributed by atoms with Gasteiger partial charge in [-0.15, -0.1) is 0 Å². The molecule has 2 rings (SSSR count). The predicted molar refractivity (Wildman–Crippen MR) is 88.0 cm³/mol. The Labute approximate surface area is 126 Å². The molecule has 2 atom stereocenters.